The van der Waals surface area contributed by atoms with Crippen molar-refractivity contribution in [2.45, 2.75) is 45.1 Å². The summed E-state index contributed by atoms with van der Waals surface area (Å²) in [6.07, 6.45) is 3.14. The van der Waals surface area contributed by atoms with E-state index >= 15 is 0 Å². The molecule has 100 valence electrons. The second-order valence-electron chi connectivity index (χ2n) is 4.42. The summed E-state index contributed by atoms with van der Waals surface area (Å²) < 4.78 is 27.8. The molecule has 17 heavy (non-hydrogen) atoms. The van der Waals surface area contributed by atoms with Gasteiger partial charge in [0.1, 0.15) is 0 Å². The Kier molecular flexibility index (Phi) is 5.35. The average Bonchev–Trinajstić information content (AvgIpc) is 2.27. The first kappa shape index (κ1) is 14.4. The fraction of sp³-hybridized carbons (Fsp3) is 0.900. The first-order chi connectivity index (χ1) is 7.92. The van der Waals surface area contributed by atoms with E-state index in [9.17, 15) is 13.2 Å². The van der Waals surface area contributed by atoms with Gasteiger partial charge in [-0.2, -0.15) is 17.4 Å². The number of nitrogens with one attached hydrogen (secondary N) is 1. The third-order valence-electron chi connectivity index (χ3n) is 2.80. The van der Waals surface area contributed by atoms with Gasteiger partial charge in [-0.15, -0.1) is 0 Å². The highest BCUT2D eigenvalue weighted by Gasteiger charge is 2.25. The van der Waals surface area contributed by atoms with Crippen LogP contribution in [0, 0.1) is 0 Å². The van der Waals surface area contributed by atoms with E-state index in [2.05, 4.69) is 4.72 Å². The van der Waals surface area contributed by atoms with E-state index in [1.165, 1.54) is 4.31 Å². The van der Waals surface area contributed by atoms with Crippen molar-refractivity contribution in [3.8, 4) is 0 Å². The minimum absolute atomic E-state index is 0.0241. The molecule has 1 aliphatic rings. The Morgan fingerprint density at radius 2 is 1.94 bits per heavy atom. The first-order valence-electron chi connectivity index (χ1n) is 5.91. The lowest BCUT2D eigenvalue weighted by molar-refractivity contribution is -0.137. The predicted octanol–water partition coefficient (Wildman–Crippen LogP) is 0.560. The zero-order valence-electron chi connectivity index (χ0n) is 10.1. The molecule has 0 saturated carbocycles. The molecule has 1 heterocycles. The molecule has 1 aliphatic heterocycles. The number of carbonyl (C=O) groups is 1. The molecule has 0 aromatic carbocycles. The van der Waals surface area contributed by atoms with E-state index in [1.54, 1.807) is 6.92 Å². The number of piperidine rings is 1. The quantitative estimate of drug-likeness (QED) is 0.734. The molecular weight excluding hydrogens is 244 g/mol. The van der Waals surface area contributed by atoms with Crippen LogP contribution in [0.5, 0.6) is 0 Å². The van der Waals surface area contributed by atoms with Crippen LogP contribution in [0.1, 0.15) is 39.0 Å². The van der Waals surface area contributed by atoms with Crippen LogP contribution < -0.4 is 4.72 Å². The van der Waals surface area contributed by atoms with Crippen molar-refractivity contribution < 1.29 is 18.3 Å². The molecule has 0 aliphatic carbocycles. The molecule has 2 N–H and O–H groups in total. The predicted molar refractivity (Wildman–Crippen MR) is 63.8 cm³/mol. The van der Waals surface area contributed by atoms with Crippen LogP contribution in [0.3, 0.4) is 0 Å². The van der Waals surface area contributed by atoms with Gasteiger partial charge in [-0.3, -0.25) is 4.79 Å². The molecule has 7 heteroatoms. The zero-order chi connectivity index (χ0) is 12.9. The Morgan fingerprint density at radius 3 is 2.47 bits per heavy atom. The van der Waals surface area contributed by atoms with E-state index in [-0.39, 0.29) is 12.5 Å². The van der Waals surface area contributed by atoms with E-state index in [0.29, 0.717) is 19.5 Å². The largest absolute Gasteiger partial charge is 0.481 e. The fourth-order valence-corrected chi connectivity index (χ4v) is 3.35. The van der Waals surface area contributed by atoms with Gasteiger partial charge in [0, 0.05) is 25.6 Å². The van der Waals surface area contributed by atoms with Gasteiger partial charge < -0.3 is 5.11 Å². The monoisotopic (exact) mass is 264 g/mol. The zero-order valence-corrected chi connectivity index (χ0v) is 10.9. The second-order valence-corrected chi connectivity index (χ2v) is 6.12. The number of rotatable bonds is 6. The SMILES string of the molecule is CC(CCC(=O)O)NS(=O)(=O)N1CCCCC1. The Labute approximate surface area is 102 Å². The van der Waals surface area contributed by atoms with Crippen molar-refractivity contribution in [3.63, 3.8) is 0 Å². The summed E-state index contributed by atoms with van der Waals surface area (Å²) in [7, 11) is -3.44. The molecule has 0 radical (unpaired) electrons. The average molecular weight is 264 g/mol. The summed E-state index contributed by atoms with van der Waals surface area (Å²) in [4.78, 5) is 10.4. The molecular formula is C10H20N2O4S. The van der Waals surface area contributed by atoms with Gasteiger partial charge in [-0.05, 0) is 26.2 Å². The molecule has 1 atom stereocenters. The molecule has 0 amide bonds. The highest BCUT2D eigenvalue weighted by molar-refractivity contribution is 7.87. The topological polar surface area (TPSA) is 86.7 Å². The van der Waals surface area contributed by atoms with Crippen LogP contribution in [-0.2, 0) is 15.0 Å². The van der Waals surface area contributed by atoms with Crippen LogP contribution in [0.25, 0.3) is 0 Å². The second kappa shape index (κ2) is 6.32. The molecule has 1 saturated heterocycles. The maximum atomic E-state index is 11.9. The molecule has 0 spiro atoms. The van der Waals surface area contributed by atoms with Crippen molar-refractivity contribution in [3.05, 3.63) is 0 Å². The molecule has 1 fully saturated rings. The summed E-state index contributed by atoms with van der Waals surface area (Å²) in [5, 5.41) is 8.52. The molecule has 1 unspecified atom stereocenters. The minimum atomic E-state index is -3.44. The van der Waals surface area contributed by atoms with Crippen molar-refractivity contribution in [1.82, 2.24) is 9.03 Å². The molecule has 6 nitrogen and oxygen atoms in total. The van der Waals surface area contributed by atoms with E-state index in [4.69, 9.17) is 5.11 Å². The van der Waals surface area contributed by atoms with Crippen LogP contribution in [0.2, 0.25) is 0 Å². The van der Waals surface area contributed by atoms with Gasteiger partial charge in [0.2, 0.25) is 0 Å². The smallest absolute Gasteiger partial charge is 0.303 e. The summed E-state index contributed by atoms with van der Waals surface area (Å²) in [6.45, 7) is 2.80. The third-order valence-corrected chi connectivity index (χ3v) is 4.54. The third kappa shape index (κ3) is 5.01. The number of hydrogen-bond donors (Lipinski definition) is 2. The lowest BCUT2D eigenvalue weighted by Crippen LogP contribution is -2.46. The van der Waals surface area contributed by atoms with Gasteiger partial charge in [-0.25, -0.2) is 0 Å². The first-order valence-corrected chi connectivity index (χ1v) is 7.35. The van der Waals surface area contributed by atoms with Crippen LogP contribution in [0.15, 0.2) is 0 Å². The van der Waals surface area contributed by atoms with Crippen molar-refractivity contribution in [2.75, 3.05) is 13.1 Å². The Balaban J connectivity index is 2.44. The number of carboxylic acids is 1. The highest BCUT2D eigenvalue weighted by atomic mass is 32.2. The maximum Gasteiger partial charge on any atom is 0.303 e. The van der Waals surface area contributed by atoms with Crippen LogP contribution in [-0.4, -0.2) is 42.9 Å². The Morgan fingerprint density at radius 1 is 1.35 bits per heavy atom. The number of carboxylic acid groups (broad SMARTS) is 1. The van der Waals surface area contributed by atoms with E-state index in [0.717, 1.165) is 19.3 Å². The van der Waals surface area contributed by atoms with E-state index in [1.807, 2.05) is 0 Å². The standard InChI is InChI=1S/C10H20N2O4S/c1-9(5-6-10(13)14)11-17(15,16)12-7-3-2-4-8-12/h9,11H,2-8H2,1H3,(H,13,14). The van der Waals surface area contributed by atoms with Crippen molar-refractivity contribution >= 4 is 16.2 Å². The summed E-state index contributed by atoms with van der Waals surface area (Å²) in [6, 6.07) is -0.349. The van der Waals surface area contributed by atoms with Gasteiger partial charge in [0.25, 0.3) is 10.2 Å². The normalized spacial score (nSPS) is 20.1. The van der Waals surface area contributed by atoms with Gasteiger partial charge >= 0.3 is 5.97 Å². The molecule has 1 rings (SSSR count). The molecule has 0 bridgehead atoms. The summed E-state index contributed by atoms with van der Waals surface area (Å²) in [5.74, 6) is -0.908. The van der Waals surface area contributed by atoms with Crippen LogP contribution in [0.4, 0.5) is 0 Å². The Bertz CT molecular complexity index is 349. The lowest BCUT2D eigenvalue weighted by Gasteiger charge is -2.27. The Hall–Kier alpha value is -0.660. The minimum Gasteiger partial charge on any atom is -0.481 e. The maximum absolute atomic E-state index is 11.9. The van der Waals surface area contributed by atoms with Gasteiger partial charge in [-0.1, -0.05) is 6.42 Å². The number of nitrogens with zero attached hydrogens (tertiary/aromatic N) is 1. The highest BCUT2D eigenvalue weighted by Crippen LogP contribution is 2.12. The molecule has 0 aromatic rings. The number of hydrogen-bond acceptors (Lipinski definition) is 3. The van der Waals surface area contributed by atoms with Gasteiger partial charge in [0.05, 0.1) is 0 Å². The van der Waals surface area contributed by atoms with Crippen molar-refractivity contribution in [1.29, 1.82) is 0 Å². The number of aliphatic carboxylic acids is 1. The van der Waals surface area contributed by atoms with Gasteiger partial charge in [0.15, 0.2) is 0 Å². The fourth-order valence-electron chi connectivity index (χ4n) is 1.83. The summed E-state index contributed by atoms with van der Waals surface area (Å²) >= 11 is 0. The van der Waals surface area contributed by atoms with E-state index < -0.39 is 16.2 Å². The summed E-state index contributed by atoms with van der Waals surface area (Å²) in [5.41, 5.74) is 0. The van der Waals surface area contributed by atoms with Crippen molar-refractivity contribution in [2.24, 2.45) is 0 Å². The molecule has 0 aromatic heterocycles. The van der Waals surface area contributed by atoms with Crippen LogP contribution >= 0.6 is 0 Å². The lowest BCUT2D eigenvalue weighted by atomic mass is 10.2.